The van der Waals surface area contributed by atoms with Crippen molar-refractivity contribution in [2.45, 2.75) is 19.5 Å². The zero-order chi connectivity index (χ0) is 11.1. The Bertz CT molecular complexity index is 485. The van der Waals surface area contributed by atoms with Gasteiger partial charge in [0, 0.05) is 0 Å². The maximum atomic E-state index is 12.3. The number of rotatable bonds is 1. The molecule has 2 aromatic rings. The Kier molecular flexibility index (Phi) is 2.17. The van der Waals surface area contributed by atoms with E-state index in [2.05, 4.69) is 9.97 Å². The van der Waals surface area contributed by atoms with Crippen molar-refractivity contribution in [1.82, 2.24) is 9.97 Å². The molecular formula is C10H9F3N2. The number of nitrogens with zero attached hydrogens (tertiary/aromatic N) is 1. The molecule has 0 unspecified atom stereocenters. The van der Waals surface area contributed by atoms with Crippen molar-refractivity contribution in [2.24, 2.45) is 0 Å². The van der Waals surface area contributed by atoms with Gasteiger partial charge in [0.1, 0.15) is 0 Å². The van der Waals surface area contributed by atoms with Crippen LogP contribution in [0.5, 0.6) is 0 Å². The van der Waals surface area contributed by atoms with E-state index in [1.807, 2.05) is 6.92 Å². The number of halogens is 3. The van der Waals surface area contributed by atoms with Gasteiger partial charge in [0.2, 0.25) is 5.82 Å². The molecule has 0 amide bonds. The second-order valence-electron chi connectivity index (χ2n) is 3.29. The van der Waals surface area contributed by atoms with Gasteiger partial charge in [0.15, 0.2) is 0 Å². The van der Waals surface area contributed by atoms with Crippen molar-refractivity contribution in [3.63, 3.8) is 0 Å². The molecule has 80 valence electrons. The summed E-state index contributed by atoms with van der Waals surface area (Å²) in [6.07, 6.45) is -3.62. The van der Waals surface area contributed by atoms with Crippen LogP contribution >= 0.6 is 0 Å². The number of hydrogen-bond donors (Lipinski definition) is 1. The van der Waals surface area contributed by atoms with Crippen LogP contribution in [0.4, 0.5) is 13.2 Å². The first-order chi connectivity index (χ1) is 7.00. The molecule has 0 aliphatic rings. The quantitative estimate of drug-likeness (QED) is 0.776. The molecule has 1 heterocycles. The molecule has 5 heteroatoms. The summed E-state index contributed by atoms with van der Waals surface area (Å²) in [6.45, 7) is 1.95. The predicted octanol–water partition coefficient (Wildman–Crippen LogP) is 3.14. The summed E-state index contributed by atoms with van der Waals surface area (Å²) in [5.41, 5.74) is 1.76. The highest BCUT2D eigenvalue weighted by Crippen LogP contribution is 2.28. The van der Waals surface area contributed by atoms with Crippen LogP contribution in [0.15, 0.2) is 18.2 Å². The van der Waals surface area contributed by atoms with E-state index in [1.54, 1.807) is 18.2 Å². The van der Waals surface area contributed by atoms with Crippen molar-refractivity contribution < 1.29 is 13.2 Å². The number of H-pyrrole nitrogens is 1. The Balaban J connectivity index is 2.56. The van der Waals surface area contributed by atoms with Gasteiger partial charge in [-0.05, 0) is 24.1 Å². The normalized spacial score (nSPS) is 12.3. The Hall–Kier alpha value is -1.52. The SMILES string of the molecule is CCc1ccc2nc(C(F)(F)F)[nH]c2c1. The standard InChI is InChI=1S/C10H9F3N2/c1-2-6-3-4-7-8(5-6)15-9(14-7)10(11,12)13/h3-5H,2H2,1H3,(H,14,15). The van der Waals surface area contributed by atoms with Crippen molar-refractivity contribution in [3.8, 4) is 0 Å². The number of imidazole rings is 1. The first-order valence-corrected chi connectivity index (χ1v) is 4.56. The second-order valence-corrected chi connectivity index (χ2v) is 3.29. The molecule has 1 aromatic heterocycles. The Labute approximate surface area is 84.1 Å². The number of fused-ring (bicyclic) bond motifs is 1. The molecule has 0 saturated heterocycles. The summed E-state index contributed by atoms with van der Waals surface area (Å²) < 4.78 is 36.9. The van der Waals surface area contributed by atoms with E-state index < -0.39 is 12.0 Å². The first-order valence-electron chi connectivity index (χ1n) is 4.56. The van der Waals surface area contributed by atoms with Crippen LogP contribution in [0.2, 0.25) is 0 Å². The number of aryl methyl sites for hydroxylation is 1. The van der Waals surface area contributed by atoms with Gasteiger partial charge in [-0.3, -0.25) is 0 Å². The highest BCUT2D eigenvalue weighted by molar-refractivity contribution is 5.75. The van der Waals surface area contributed by atoms with Gasteiger partial charge in [-0.2, -0.15) is 13.2 Å². The van der Waals surface area contributed by atoms with Gasteiger partial charge in [-0.15, -0.1) is 0 Å². The monoisotopic (exact) mass is 214 g/mol. The van der Waals surface area contributed by atoms with E-state index in [4.69, 9.17) is 0 Å². The predicted molar refractivity (Wildman–Crippen MR) is 50.5 cm³/mol. The zero-order valence-corrected chi connectivity index (χ0v) is 8.02. The first kappa shape index (κ1) is 10.0. The van der Waals surface area contributed by atoms with Crippen LogP contribution in [0.3, 0.4) is 0 Å². The molecule has 15 heavy (non-hydrogen) atoms. The number of benzene rings is 1. The molecule has 2 rings (SSSR count). The average molecular weight is 214 g/mol. The van der Waals surface area contributed by atoms with Crippen LogP contribution in [0, 0.1) is 0 Å². The minimum atomic E-state index is -4.41. The molecule has 0 spiro atoms. The largest absolute Gasteiger partial charge is 0.449 e. The van der Waals surface area contributed by atoms with Crippen LogP contribution < -0.4 is 0 Å². The minimum Gasteiger partial charge on any atom is -0.334 e. The number of nitrogens with one attached hydrogen (secondary N) is 1. The lowest BCUT2D eigenvalue weighted by molar-refractivity contribution is -0.144. The third kappa shape index (κ3) is 1.82. The van der Waals surface area contributed by atoms with E-state index in [1.165, 1.54) is 0 Å². The summed E-state index contributed by atoms with van der Waals surface area (Å²) in [7, 11) is 0. The fraction of sp³-hybridized carbons (Fsp3) is 0.300. The second kappa shape index (κ2) is 3.25. The molecule has 0 aliphatic carbocycles. The van der Waals surface area contributed by atoms with Gasteiger partial charge in [-0.1, -0.05) is 13.0 Å². The lowest BCUT2D eigenvalue weighted by atomic mass is 10.1. The fourth-order valence-electron chi connectivity index (χ4n) is 1.41. The number of aromatic nitrogens is 2. The van der Waals surface area contributed by atoms with Gasteiger partial charge in [0.25, 0.3) is 0 Å². The summed E-state index contributed by atoms with van der Waals surface area (Å²) in [5, 5.41) is 0. The molecular weight excluding hydrogens is 205 g/mol. The summed E-state index contributed by atoms with van der Waals surface area (Å²) in [4.78, 5) is 5.75. The van der Waals surface area contributed by atoms with E-state index in [-0.39, 0.29) is 0 Å². The molecule has 0 radical (unpaired) electrons. The Morgan fingerprint density at radius 3 is 2.67 bits per heavy atom. The van der Waals surface area contributed by atoms with E-state index in [0.717, 1.165) is 12.0 Å². The van der Waals surface area contributed by atoms with E-state index >= 15 is 0 Å². The topological polar surface area (TPSA) is 28.7 Å². The molecule has 1 N–H and O–H groups in total. The van der Waals surface area contributed by atoms with E-state index in [9.17, 15) is 13.2 Å². The average Bonchev–Trinajstić information content (AvgIpc) is 2.59. The maximum Gasteiger partial charge on any atom is 0.449 e. The summed E-state index contributed by atoms with van der Waals surface area (Å²) in [6, 6.07) is 5.07. The van der Waals surface area contributed by atoms with Crippen molar-refractivity contribution >= 4 is 11.0 Å². The van der Waals surface area contributed by atoms with Crippen LogP contribution in [0.25, 0.3) is 11.0 Å². The third-order valence-corrected chi connectivity index (χ3v) is 2.22. The number of hydrogen-bond acceptors (Lipinski definition) is 1. The molecule has 0 bridgehead atoms. The molecule has 0 saturated carbocycles. The highest BCUT2D eigenvalue weighted by Gasteiger charge is 2.34. The molecule has 0 fully saturated rings. The molecule has 0 aliphatic heterocycles. The van der Waals surface area contributed by atoms with Crippen LogP contribution in [-0.2, 0) is 12.6 Å². The van der Waals surface area contributed by atoms with E-state index in [0.29, 0.717) is 11.0 Å². The molecule has 0 atom stereocenters. The van der Waals surface area contributed by atoms with Crippen molar-refractivity contribution in [1.29, 1.82) is 0 Å². The van der Waals surface area contributed by atoms with Gasteiger partial charge in [-0.25, -0.2) is 4.98 Å². The summed E-state index contributed by atoms with van der Waals surface area (Å²) in [5.74, 6) is -0.939. The van der Waals surface area contributed by atoms with Crippen LogP contribution in [0.1, 0.15) is 18.3 Å². The summed E-state index contributed by atoms with van der Waals surface area (Å²) >= 11 is 0. The highest BCUT2D eigenvalue weighted by atomic mass is 19.4. The zero-order valence-electron chi connectivity index (χ0n) is 8.02. The molecule has 2 nitrogen and oxygen atoms in total. The smallest absolute Gasteiger partial charge is 0.334 e. The van der Waals surface area contributed by atoms with Crippen molar-refractivity contribution in [3.05, 3.63) is 29.6 Å². The Morgan fingerprint density at radius 2 is 2.07 bits per heavy atom. The van der Waals surface area contributed by atoms with Gasteiger partial charge in [0.05, 0.1) is 11.0 Å². The number of alkyl halides is 3. The fourth-order valence-corrected chi connectivity index (χ4v) is 1.41. The Morgan fingerprint density at radius 1 is 1.33 bits per heavy atom. The lowest BCUT2D eigenvalue weighted by Gasteiger charge is -1.99. The lowest BCUT2D eigenvalue weighted by Crippen LogP contribution is -2.06. The number of aromatic amines is 1. The van der Waals surface area contributed by atoms with Gasteiger partial charge < -0.3 is 4.98 Å². The third-order valence-electron chi connectivity index (χ3n) is 2.22. The van der Waals surface area contributed by atoms with Crippen molar-refractivity contribution in [2.75, 3.05) is 0 Å². The van der Waals surface area contributed by atoms with Gasteiger partial charge >= 0.3 is 6.18 Å². The maximum absolute atomic E-state index is 12.3. The van der Waals surface area contributed by atoms with Crippen LogP contribution in [-0.4, -0.2) is 9.97 Å². The molecule has 1 aromatic carbocycles. The minimum absolute atomic E-state index is 0.347.